The van der Waals surface area contributed by atoms with Crippen LogP contribution in [0.25, 0.3) is 11.0 Å². The molecule has 1 aliphatic rings. The van der Waals surface area contributed by atoms with Gasteiger partial charge in [0.1, 0.15) is 15.6 Å². The van der Waals surface area contributed by atoms with E-state index in [0.29, 0.717) is 17.4 Å². The van der Waals surface area contributed by atoms with E-state index in [2.05, 4.69) is 12.2 Å². The molecule has 3 rings (SSSR count). The molecule has 0 amide bonds. The molecular formula is C17H23NO4S. The number of methoxy groups -OCH3 is 1. The molecule has 5 nitrogen and oxygen atoms in total. The molecule has 2 aromatic rings. The van der Waals surface area contributed by atoms with Crippen LogP contribution in [0.4, 0.5) is 0 Å². The molecule has 1 aliphatic heterocycles. The van der Waals surface area contributed by atoms with Crippen LogP contribution in [0.2, 0.25) is 0 Å². The summed E-state index contributed by atoms with van der Waals surface area (Å²) in [6, 6.07) is 7.94. The first-order valence-electron chi connectivity index (χ1n) is 7.99. The van der Waals surface area contributed by atoms with Crippen molar-refractivity contribution in [3.05, 3.63) is 30.0 Å². The fraction of sp³-hybridized carbons (Fsp3) is 0.529. The Morgan fingerprint density at radius 1 is 1.35 bits per heavy atom. The Labute approximate surface area is 136 Å². The highest BCUT2D eigenvalue weighted by molar-refractivity contribution is 7.91. The van der Waals surface area contributed by atoms with E-state index in [1.165, 1.54) is 0 Å². The molecule has 23 heavy (non-hydrogen) atoms. The first-order valence-corrected chi connectivity index (χ1v) is 9.81. The average Bonchev–Trinajstić information content (AvgIpc) is 2.97. The molecule has 0 saturated carbocycles. The molecule has 0 spiro atoms. The lowest BCUT2D eigenvalue weighted by atomic mass is 10.0. The molecule has 0 bridgehead atoms. The predicted molar refractivity (Wildman–Crippen MR) is 90.6 cm³/mol. The number of furan rings is 1. The van der Waals surface area contributed by atoms with Crippen LogP contribution >= 0.6 is 0 Å². The van der Waals surface area contributed by atoms with Gasteiger partial charge >= 0.3 is 0 Å². The summed E-state index contributed by atoms with van der Waals surface area (Å²) in [6.45, 7) is 2.87. The van der Waals surface area contributed by atoms with Crippen LogP contribution in [0.15, 0.2) is 28.7 Å². The lowest BCUT2D eigenvalue weighted by Crippen LogP contribution is -2.32. The molecule has 1 aromatic heterocycles. The molecule has 1 atom stereocenters. The zero-order valence-electron chi connectivity index (χ0n) is 13.5. The minimum atomic E-state index is -2.79. The van der Waals surface area contributed by atoms with Crippen LogP contribution in [-0.4, -0.2) is 33.6 Å². The fourth-order valence-electron chi connectivity index (χ4n) is 3.02. The van der Waals surface area contributed by atoms with Crippen molar-refractivity contribution in [3.63, 3.8) is 0 Å². The first kappa shape index (κ1) is 16.3. The van der Waals surface area contributed by atoms with Gasteiger partial charge in [0.25, 0.3) is 0 Å². The third-order valence-corrected chi connectivity index (χ3v) is 6.28. The summed E-state index contributed by atoms with van der Waals surface area (Å²) in [6.07, 6.45) is 1.49. The van der Waals surface area contributed by atoms with Gasteiger partial charge in [-0.05, 0) is 44.4 Å². The van der Waals surface area contributed by atoms with Gasteiger partial charge in [0.2, 0.25) is 0 Å². The molecule has 1 aromatic carbocycles. The molecule has 0 radical (unpaired) electrons. The molecule has 126 valence electrons. The Kier molecular flexibility index (Phi) is 4.64. The smallest absolute Gasteiger partial charge is 0.176 e. The van der Waals surface area contributed by atoms with E-state index in [1.807, 2.05) is 24.3 Å². The maximum atomic E-state index is 11.5. The second-order valence-electron chi connectivity index (χ2n) is 6.25. The van der Waals surface area contributed by atoms with Crippen LogP contribution in [0, 0.1) is 5.92 Å². The zero-order chi connectivity index (χ0) is 16.4. The van der Waals surface area contributed by atoms with Gasteiger partial charge in [0, 0.05) is 5.39 Å². The van der Waals surface area contributed by atoms with E-state index >= 15 is 0 Å². The van der Waals surface area contributed by atoms with Crippen molar-refractivity contribution in [2.45, 2.75) is 25.8 Å². The highest BCUT2D eigenvalue weighted by Crippen LogP contribution is 2.31. The number of fused-ring (bicyclic) bond motifs is 1. The minimum absolute atomic E-state index is 0.0747. The number of benzene rings is 1. The number of para-hydroxylation sites is 1. The molecule has 1 N–H and O–H groups in total. The monoisotopic (exact) mass is 337 g/mol. The lowest BCUT2D eigenvalue weighted by Gasteiger charge is -2.23. The van der Waals surface area contributed by atoms with E-state index in [1.54, 1.807) is 7.11 Å². The van der Waals surface area contributed by atoms with Gasteiger partial charge < -0.3 is 14.5 Å². The molecule has 0 unspecified atom stereocenters. The third-order valence-electron chi connectivity index (χ3n) is 4.56. The normalized spacial score (nSPS) is 19.7. The van der Waals surface area contributed by atoms with Crippen molar-refractivity contribution < 1.29 is 17.6 Å². The molecule has 2 heterocycles. The highest BCUT2D eigenvalue weighted by atomic mass is 32.2. The van der Waals surface area contributed by atoms with Gasteiger partial charge in [0.05, 0.1) is 24.7 Å². The lowest BCUT2D eigenvalue weighted by molar-refractivity contribution is 0.376. The van der Waals surface area contributed by atoms with Gasteiger partial charge in [-0.1, -0.05) is 12.1 Å². The van der Waals surface area contributed by atoms with Gasteiger partial charge in [-0.25, -0.2) is 8.42 Å². The number of hydrogen-bond acceptors (Lipinski definition) is 5. The summed E-state index contributed by atoms with van der Waals surface area (Å²) in [5.74, 6) is 2.65. The molecular weight excluding hydrogens is 314 g/mol. The van der Waals surface area contributed by atoms with Gasteiger partial charge in [-0.3, -0.25) is 0 Å². The molecule has 6 heteroatoms. The third kappa shape index (κ3) is 3.70. The van der Waals surface area contributed by atoms with Crippen molar-refractivity contribution in [3.8, 4) is 5.75 Å². The molecule has 1 saturated heterocycles. The Morgan fingerprint density at radius 3 is 2.78 bits per heavy atom. The van der Waals surface area contributed by atoms with Crippen LogP contribution in [0.5, 0.6) is 5.75 Å². The average molecular weight is 337 g/mol. The van der Waals surface area contributed by atoms with Crippen LogP contribution in [-0.2, 0) is 9.84 Å². The van der Waals surface area contributed by atoms with Crippen molar-refractivity contribution in [1.82, 2.24) is 5.32 Å². The Balaban J connectivity index is 1.63. The zero-order valence-corrected chi connectivity index (χ0v) is 14.4. The number of rotatable bonds is 5. The fourth-order valence-corrected chi connectivity index (χ4v) is 4.61. The van der Waals surface area contributed by atoms with Crippen LogP contribution < -0.4 is 10.1 Å². The predicted octanol–water partition coefficient (Wildman–Crippen LogP) is 2.92. The van der Waals surface area contributed by atoms with Gasteiger partial charge in [0.15, 0.2) is 11.3 Å². The van der Waals surface area contributed by atoms with E-state index < -0.39 is 9.84 Å². The van der Waals surface area contributed by atoms with Gasteiger partial charge in [-0.2, -0.15) is 0 Å². The van der Waals surface area contributed by atoms with E-state index in [0.717, 1.165) is 41.9 Å². The summed E-state index contributed by atoms with van der Waals surface area (Å²) < 4.78 is 34.2. The number of sulfone groups is 1. The van der Waals surface area contributed by atoms with Crippen molar-refractivity contribution in [2.24, 2.45) is 5.92 Å². The highest BCUT2D eigenvalue weighted by Gasteiger charge is 2.24. The van der Waals surface area contributed by atoms with Crippen LogP contribution in [0.3, 0.4) is 0 Å². The summed E-state index contributed by atoms with van der Waals surface area (Å²) in [5, 5.41) is 4.49. The maximum Gasteiger partial charge on any atom is 0.176 e. The second kappa shape index (κ2) is 6.53. The van der Waals surface area contributed by atoms with Crippen molar-refractivity contribution >= 4 is 20.8 Å². The molecule has 1 fully saturated rings. The standard InChI is InChI=1S/C17H23NO4S/c1-12(18-11-13-6-8-23(19,20)9-7-13)16-10-14-4-3-5-15(21-2)17(14)22-16/h3-5,10,12-13,18H,6-9,11H2,1-2H3/t12-/m1/s1. The topological polar surface area (TPSA) is 68.5 Å². The number of hydrogen-bond donors (Lipinski definition) is 1. The van der Waals surface area contributed by atoms with Crippen LogP contribution in [0.1, 0.15) is 31.6 Å². The van der Waals surface area contributed by atoms with E-state index in [4.69, 9.17) is 9.15 Å². The Bertz CT molecular complexity index is 767. The second-order valence-corrected chi connectivity index (χ2v) is 8.56. The largest absolute Gasteiger partial charge is 0.493 e. The van der Waals surface area contributed by atoms with E-state index in [9.17, 15) is 8.42 Å². The quantitative estimate of drug-likeness (QED) is 0.908. The maximum absolute atomic E-state index is 11.5. The summed E-state index contributed by atoms with van der Waals surface area (Å²) in [7, 11) is -1.16. The summed E-state index contributed by atoms with van der Waals surface area (Å²) in [4.78, 5) is 0. The SMILES string of the molecule is COc1cccc2cc([C@@H](C)NCC3CCS(=O)(=O)CC3)oc12. The van der Waals surface area contributed by atoms with Crippen molar-refractivity contribution in [2.75, 3.05) is 25.2 Å². The molecule has 0 aliphatic carbocycles. The number of nitrogens with one attached hydrogen (secondary N) is 1. The minimum Gasteiger partial charge on any atom is -0.493 e. The van der Waals surface area contributed by atoms with Gasteiger partial charge in [-0.15, -0.1) is 0 Å². The number of ether oxygens (including phenoxy) is 1. The van der Waals surface area contributed by atoms with E-state index in [-0.39, 0.29) is 6.04 Å². The summed E-state index contributed by atoms with van der Waals surface area (Å²) in [5.41, 5.74) is 0.766. The van der Waals surface area contributed by atoms with Crippen molar-refractivity contribution in [1.29, 1.82) is 0 Å². The summed E-state index contributed by atoms with van der Waals surface area (Å²) >= 11 is 0. The Hall–Kier alpha value is -1.53. The first-order chi connectivity index (χ1) is 11.0. The Morgan fingerprint density at radius 2 is 2.09 bits per heavy atom.